The van der Waals surface area contributed by atoms with Crippen molar-refractivity contribution < 1.29 is 19.8 Å². The second kappa shape index (κ2) is 19.2. The van der Waals surface area contributed by atoms with Crippen molar-refractivity contribution in [2.75, 3.05) is 88.3 Å². The number of nitrogens with one attached hydrogen (secondary N) is 2. The third-order valence-corrected chi connectivity index (χ3v) is 15.6. The zero-order chi connectivity index (χ0) is 44.8. The summed E-state index contributed by atoms with van der Waals surface area (Å²) in [5.41, 5.74) is 5.71. The Morgan fingerprint density at radius 2 is 0.953 bits per heavy atom. The van der Waals surface area contributed by atoms with Crippen molar-refractivity contribution in [1.29, 1.82) is 0 Å². The summed E-state index contributed by atoms with van der Waals surface area (Å²) in [6.07, 6.45) is 3.42. The maximum Gasteiger partial charge on any atom is 0.227 e. The van der Waals surface area contributed by atoms with Crippen LogP contribution in [0.3, 0.4) is 0 Å². The van der Waals surface area contributed by atoms with Crippen LogP contribution in [0, 0.1) is 11.8 Å². The van der Waals surface area contributed by atoms with Gasteiger partial charge in [0.1, 0.15) is 24.3 Å². The molecule has 14 nitrogen and oxygen atoms in total. The molecule has 4 saturated heterocycles. The van der Waals surface area contributed by atoms with Gasteiger partial charge in [0.2, 0.25) is 11.8 Å². The summed E-state index contributed by atoms with van der Waals surface area (Å²) >= 11 is 24.6. The number of hydrogen-bond acceptors (Lipinski definition) is 12. The number of aromatic nitrogens is 4. The third-order valence-electron chi connectivity index (χ3n) is 14.1. The minimum Gasteiger partial charge on any atom is -0.387 e. The number of nitrogens with zero attached hydrogens (tertiary/aromatic N) is 8. The highest BCUT2D eigenvalue weighted by Crippen LogP contribution is 2.44. The van der Waals surface area contributed by atoms with E-state index in [1.165, 1.54) is 0 Å². The van der Waals surface area contributed by atoms with Gasteiger partial charge in [-0.1, -0.05) is 72.4 Å². The smallest absolute Gasteiger partial charge is 0.227 e. The number of fused-ring (bicyclic) bond motifs is 2. The Morgan fingerprint density at radius 3 is 1.33 bits per heavy atom. The summed E-state index contributed by atoms with van der Waals surface area (Å²) in [6.45, 7) is 12.5. The van der Waals surface area contributed by atoms with Crippen LogP contribution in [0.4, 0.5) is 11.6 Å². The molecule has 0 saturated carbocycles. The first-order chi connectivity index (χ1) is 30.9. The molecule has 0 radical (unpaired) electrons. The molecule has 340 valence electrons. The number of piperazine rings is 2. The van der Waals surface area contributed by atoms with Crippen LogP contribution >= 0.6 is 46.4 Å². The largest absolute Gasteiger partial charge is 0.387 e. The number of carbonyl (C=O) groups excluding carboxylic acids is 2. The lowest BCUT2D eigenvalue weighted by Gasteiger charge is -2.38. The van der Waals surface area contributed by atoms with Gasteiger partial charge < -0.3 is 40.4 Å². The van der Waals surface area contributed by atoms with Crippen molar-refractivity contribution >= 4 is 69.9 Å². The van der Waals surface area contributed by atoms with E-state index >= 15 is 0 Å². The predicted molar refractivity (Wildman–Crippen MR) is 249 cm³/mol. The van der Waals surface area contributed by atoms with Crippen molar-refractivity contribution in [3.8, 4) is 0 Å². The monoisotopic (exact) mass is 950 g/mol. The number of amides is 2. The highest BCUT2D eigenvalue weighted by atomic mass is 35.5. The van der Waals surface area contributed by atoms with E-state index in [9.17, 15) is 19.8 Å². The summed E-state index contributed by atoms with van der Waals surface area (Å²) in [4.78, 5) is 52.9. The molecule has 4 aromatic rings. The maximum absolute atomic E-state index is 13.4. The zero-order valence-corrected chi connectivity index (χ0v) is 39.0. The predicted octanol–water partition coefficient (Wildman–Crippen LogP) is 5.95. The Morgan fingerprint density at radius 1 is 0.562 bits per heavy atom. The molecule has 4 N–H and O–H groups in total. The lowest BCUT2D eigenvalue weighted by molar-refractivity contribution is -0.136. The molecular formula is C46H54Cl4N10O4. The SMILES string of the molecule is C[C@@H]1C[C@@H](O)c2ncnc(N3CCN(C(=O)[C@@H]4CNC[C@H]4c4ccc(Cl)c(Cl)c4)CC3)c21.C[C@@H]1C[C@@H](O)c2ncnc(N3CCN(C(=O)[C@H]4CNC[C@@H]4c4ccc(Cl)c(Cl)c4)CC3)c21. The van der Waals surface area contributed by atoms with Gasteiger partial charge in [0.05, 0.1) is 55.5 Å². The van der Waals surface area contributed by atoms with Gasteiger partial charge in [0, 0.05) is 101 Å². The molecule has 6 heterocycles. The van der Waals surface area contributed by atoms with E-state index in [4.69, 9.17) is 46.4 Å². The van der Waals surface area contributed by atoms with Crippen LogP contribution in [0.2, 0.25) is 20.1 Å². The topological polar surface area (TPSA) is 163 Å². The van der Waals surface area contributed by atoms with Gasteiger partial charge in [-0.25, -0.2) is 19.9 Å². The molecule has 2 aromatic carbocycles. The fourth-order valence-corrected chi connectivity index (χ4v) is 11.3. The van der Waals surface area contributed by atoms with Crippen LogP contribution in [-0.2, 0) is 9.59 Å². The van der Waals surface area contributed by atoms with Crippen molar-refractivity contribution in [3.63, 3.8) is 0 Å². The Balaban J connectivity index is 0.000000162. The summed E-state index contributed by atoms with van der Waals surface area (Å²) in [6, 6.07) is 11.3. The van der Waals surface area contributed by atoms with Crippen LogP contribution in [0.15, 0.2) is 49.1 Å². The number of benzene rings is 2. The minimum atomic E-state index is -0.516. The van der Waals surface area contributed by atoms with E-state index in [1.54, 1.807) is 24.8 Å². The highest BCUT2D eigenvalue weighted by molar-refractivity contribution is 6.42. The van der Waals surface area contributed by atoms with Crippen LogP contribution in [-0.4, -0.2) is 130 Å². The fourth-order valence-electron chi connectivity index (χ4n) is 10.7. The number of aliphatic hydroxyl groups is 2. The average molecular weight is 953 g/mol. The first-order valence-corrected chi connectivity index (χ1v) is 23.8. The molecule has 0 bridgehead atoms. The molecule has 10 rings (SSSR count). The van der Waals surface area contributed by atoms with E-state index in [0.29, 0.717) is 72.2 Å². The Hall–Kier alpha value is -3.86. The van der Waals surface area contributed by atoms with Gasteiger partial charge in [-0.15, -0.1) is 0 Å². The van der Waals surface area contributed by atoms with Crippen molar-refractivity contribution in [2.24, 2.45) is 11.8 Å². The van der Waals surface area contributed by atoms with E-state index < -0.39 is 12.2 Å². The van der Waals surface area contributed by atoms with Crippen LogP contribution in [0.5, 0.6) is 0 Å². The first kappa shape index (κ1) is 45.3. The summed E-state index contributed by atoms with van der Waals surface area (Å²) in [5, 5.41) is 29.4. The first-order valence-electron chi connectivity index (χ1n) is 22.3. The molecule has 0 unspecified atom stereocenters. The molecule has 2 aliphatic carbocycles. The number of anilines is 2. The van der Waals surface area contributed by atoms with E-state index in [0.717, 1.165) is 84.5 Å². The van der Waals surface area contributed by atoms with Gasteiger partial charge in [0.15, 0.2) is 0 Å². The Bertz CT molecular complexity index is 2220. The van der Waals surface area contributed by atoms with E-state index in [1.807, 2.05) is 34.1 Å². The molecule has 18 heteroatoms. The van der Waals surface area contributed by atoms with Crippen LogP contribution in [0.1, 0.15) is 96.2 Å². The van der Waals surface area contributed by atoms with Gasteiger partial charge in [0.25, 0.3) is 0 Å². The lowest BCUT2D eigenvalue weighted by Crippen LogP contribution is -2.51. The fraction of sp³-hybridized carbons (Fsp3) is 0.522. The number of halogens is 4. The molecular weight excluding hydrogens is 898 g/mol. The third kappa shape index (κ3) is 8.89. The second-order valence-electron chi connectivity index (χ2n) is 18.0. The summed E-state index contributed by atoms with van der Waals surface area (Å²) in [5.74, 6) is 2.58. The molecule has 4 aliphatic heterocycles. The van der Waals surface area contributed by atoms with E-state index in [-0.39, 0.29) is 47.3 Å². The molecule has 4 fully saturated rings. The molecule has 2 aromatic heterocycles. The number of rotatable bonds is 6. The van der Waals surface area contributed by atoms with Gasteiger partial charge in [-0.05, 0) is 60.1 Å². The van der Waals surface area contributed by atoms with Gasteiger partial charge >= 0.3 is 0 Å². The minimum absolute atomic E-state index is 0.0859. The zero-order valence-electron chi connectivity index (χ0n) is 35.9. The molecule has 2 amide bonds. The van der Waals surface area contributed by atoms with Crippen molar-refractivity contribution in [1.82, 2.24) is 40.4 Å². The van der Waals surface area contributed by atoms with Crippen molar-refractivity contribution in [2.45, 2.75) is 62.6 Å². The standard InChI is InChI=1S/2C23H27Cl2N5O2/c2*1-13-8-19(31)21-20(13)22(28-12-27-21)29-4-6-30(7-5-29)23(32)16-11-26-10-15(16)14-2-3-17(24)18(25)9-14/h2*2-3,9,12-13,15-16,19,26,31H,4-8,10-11H2,1H3/t13-,15+,16-,19-;13-,15-,16+,19-/m11/s1. The maximum atomic E-state index is 13.4. The van der Waals surface area contributed by atoms with Crippen LogP contribution in [0.25, 0.3) is 0 Å². The van der Waals surface area contributed by atoms with Crippen LogP contribution < -0.4 is 20.4 Å². The Labute approximate surface area is 393 Å². The lowest BCUT2D eigenvalue weighted by atomic mass is 9.88. The van der Waals surface area contributed by atoms with Crippen molar-refractivity contribution in [3.05, 3.63) is 103 Å². The average Bonchev–Trinajstić information content (AvgIpc) is 4.12. The quantitative estimate of drug-likeness (QED) is 0.180. The molecule has 64 heavy (non-hydrogen) atoms. The van der Waals surface area contributed by atoms with Gasteiger partial charge in [-0.3, -0.25) is 9.59 Å². The summed E-state index contributed by atoms with van der Waals surface area (Å²) < 4.78 is 0. The second-order valence-corrected chi connectivity index (χ2v) is 19.6. The van der Waals surface area contributed by atoms with Gasteiger partial charge in [-0.2, -0.15) is 0 Å². The highest BCUT2D eigenvalue weighted by Gasteiger charge is 2.41. The normalized spacial score (nSPS) is 27.6. The number of carbonyl (C=O) groups is 2. The molecule has 0 spiro atoms. The Kier molecular flexibility index (Phi) is 13.6. The molecule has 8 atom stereocenters. The molecule has 6 aliphatic rings. The number of hydrogen-bond donors (Lipinski definition) is 4. The summed E-state index contributed by atoms with van der Waals surface area (Å²) in [7, 11) is 0. The number of aliphatic hydroxyl groups excluding tert-OH is 2. The van der Waals surface area contributed by atoms with E-state index in [2.05, 4.69) is 54.2 Å².